The van der Waals surface area contributed by atoms with E-state index in [2.05, 4.69) is 17.4 Å². The number of anilines is 1. The molecule has 104 valence electrons. The third-order valence-electron chi connectivity index (χ3n) is 4.55. The number of benzene rings is 1. The van der Waals surface area contributed by atoms with Crippen molar-refractivity contribution in [2.45, 2.75) is 57.1 Å². The second-order valence-electron chi connectivity index (χ2n) is 6.04. The van der Waals surface area contributed by atoms with E-state index >= 15 is 0 Å². The van der Waals surface area contributed by atoms with E-state index in [4.69, 9.17) is 16.3 Å². The molecule has 0 bridgehead atoms. The SMILES string of the molecule is Cc1ccc(NC2CCOC3(CCCC3)C2)cc1Cl. The van der Waals surface area contributed by atoms with Crippen molar-refractivity contribution in [3.8, 4) is 0 Å². The molecule has 0 aromatic heterocycles. The van der Waals surface area contributed by atoms with E-state index in [0.717, 1.165) is 35.7 Å². The van der Waals surface area contributed by atoms with E-state index in [1.165, 1.54) is 25.7 Å². The van der Waals surface area contributed by atoms with Crippen molar-refractivity contribution >= 4 is 17.3 Å². The van der Waals surface area contributed by atoms with Gasteiger partial charge in [0.25, 0.3) is 0 Å². The largest absolute Gasteiger partial charge is 0.382 e. The molecule has 1 atom stereocenters. The van der Waals surface area contributed by atoms with Crippen LogP contribution in [0.15, 0.2) is 18.2 Å². The molecule has 0 amide bonds. The molecule has 1 aliphatic carbocycles. The molecule has 2 fully saturated rings. The molecule has 1 spiro atoms. The molecule has 1 aromatic rings. The second kappa shape index (κ2) is 5.34. The highest BCUT2D eigenvalue weighted by Gasteiger charge is 2.39. The third-order valence-corrected chi connectivity index (χ3v) is 4.96. The van der Waals surface area contributed by atoms with Crippen LogP contribution in [0.3, 0.4) is 0 Å². The number of halogens is 1. The summed E-state index contributed by atoms with van der Waals surface area (Å²) in [5.74, 6) is 0. The van der Waals surface area contributed by atoms with Gasteiger partial charge in [-0.3, -0.25) is 0 Å². The van der Waals surface area contributed by atoms with Crippen LogP contribution < -0.4 is 5.32 Å². The van der Waals surface area contributed by atoms with E-state index in [1.54, 1.807) is 0 Å². The lowest BCUT2D eigenvalue weighted by Gasteiger charge is -2.39. The zero-order valence-electron chi connectivity index (χ0n) is 11.5. The number of hydrogen-bond donors (Lipinski definition) is 1. The topological polar surface area (TPSA) is 21.3 Å². The van der Waals surface area contributed by atoms with Crippen LogP contribution in [0, 0.1) is 6.92 Å². The van der Waals surface area contributed by atoms with Gasteiger partial charge >= 0.3 is 0 Å². The van der Waals surface area contributed by atoms with Gasteiger partial charge in [0, 0.05) is 23.4 Å². The summed E-state index contributed by atoms with van der Waals surface area (Å²) in [6, 6.07) is 6.76. The fourth-order valence-electron chi connectivity index (χ4n) is 3.44. The van der Waals surface area contributed by atoms with Crippen LogP contribution in [-0.2, 0) is 4.74 Å². The van der Waals surface area contributed by atoms with Crippen LogP contribution >= 0.6 is 11.6 Å². The first-order valence-electron chi connectivity index (χ1n) is 7.34. The fraction of sp³-hybridized carbons (Fsp3) is 0.625. The summed E-state index contributed by atoms with van der Waals surface area (Å²) in [5.41, 5.74) is 2.44. The maximum Gasteiger partial charge on any atom is 0.0702 e. The Kier molecular flexibility index (Phi) is 3.72. The van der Waals surface area contributed by atoms with Gasteiger partial charge in [0.2, 0.25) is 0 Å². The molecule has 3 heteroatoms. The summed E-state index contributed by atoms with van der Waals surface area (Å²) >= 11 is 6.19. The summed E-state index contributed by atoms with van der Waals surface area (Å²) < 4.78 is 6.07. The lowest BCUT2D eigenvalue weighted by Crippen LogP contribution is -2.42. The van der Waals surface area contributed by atoms with Gasteiger partial charge in [-0.25, -0.2) is 0 Å². The molecule has 2 aliphatic rings. The van der Waals surface area contributed by atoms with E-state index in [0.29, 0.717) is 6.04 Å². The standard InChI is InChI=1S/C16H22ClNO/c1-12-4-5-13(10-15(12)17)18-14-6-9-19-16(11-14)7-2-3-8-16/h4-5,10,14,18H,2-3,6-9,11H2,1H3. The van der Waals surface area contributed by atoms with Crippen LogP contribution in [0.25, 0.3) is 0 Å². The van der Waals surface area contributed by atoms with Gasteiger partial charge in [0.15, 0.2) is 0 Å². The third kappa shape index (κ3) is 2.90. The van der Waals surface area contributed by atoms with Gasteiger partial charge in [-0.15, -0.1) is 0 Å². The summed E-state index contributed by atoms with van der Waals surface area (Å²) in [4.78, 5) is 0. The smallest absolute Gasteiger partial charge is 0.0702 e. The lowest BCUT2D eigenvalue weighted by atomic mass is 9.89. The summed E-state index contributed by atoms with van der Waals surface area (Å²) in [6.07, 6.45) is 7.34. The lowest BCUT2D eigenvalue weighted by molar-refractivity contribution is -0.0767. The molecular formula is C16H22ClNO. The van der Waals surface area contributed by atoms with Crippen LogP contribution in [0.4, 0.5) is 5.69 Å². The summed E-state index contributed by atoms with van der Waals surface area (Å²) in [5, 5.41) is 4.48. The van der Waals surface area contributed by atoms with Gasteiger partial charge in [0.1, 0.15) is 0 Å². The van der Waals surface area contributed by atoms with Crippen molar-refractivity contribution in [1.82, 2.24) is 0 Å². The fourth-order valence-corrected chi connectivity index (χ4v) is 3.62. The van der Waals surface area contributed by atoms with Crippen LogP contribution in [0.5, 0.6) is 0 Å². The number of aryl methyl sites for hydroxylation is 1. The van der Waals surface area contributed by atoms with E-state index < -0.39 is 0 Å². The highest BCUT2D eigenvalue weighted by molar-refractivity contribution is 6.31. The Morgan fingerprint density at radius 3 is 2.84 bits per heavy atom. The Bertz CT molecular complexity index is 454. The zero-order valence-corrected chi connectivity index (χ0v) is 12.3. The minimum atomic E-state index is 0.171. The summed E-state index contributed by atoms with van der Waals surface area (Å²) in [7, 11) is 0. The molecule has 1 N–H and O–H groups in total. The molecule has 19 heavy (non-hydrogen) atoms. The van der Waals surface area contributed by atoms with Crippen molar-refractivity contribution in [3.05, 3.63) is 28.8 Å². The quantitative estimate of drug-likeness (QED) is 0.857. The first-order valence-corrected chi connectivity index (χ1v) is 7.71. The summed E-state index contributed by atoms with van der Waals surface area (Å²) in [6.45, 7) is 2.92. The zero-order chi connectivity index (χ0) is 13.3. The highest BCUT2D eigenvalue weighted by atomic mass is 35.5. The normalized spacial score (nSPS) is 25.7. The number of hydrogen-bond acceptors (Lipinski definition) is 2. The predicted molar refractivity (Wildman–Crippen MR) is 80.0 cm³/mol. The molecule has 1 saturated heterocycles. The van der Waals surface area contributed by atoms with Crippen molar-refractivity contribution in [2.24, 2.45) is 0 Å². The Morgan fingerprint density at radius 2 is 2.11 bits per heavy atom. The van der Waals surface area contributed by atoms with E-state index in [-0.39, 0.29) is 5.60 Å². The Balaban J connectivity index is 1.67. The first-order chi connectivity index (χ1) is 9.17. The minimum Gasteiger partial charge on any atom is -0.382 e. The number of ether oxygens (including phenoxy) is 1. The van der Waals surface area contributed by atoms with Gasteiger partial charge in [-0.2, -0.15) is 0 Å². The maximum atomic E-state index is 6.19. The van der Waals surface area contributed by atoms with Crippen molar-refractivity contribution in [3.63, 3.8) is 0 Å². The number of nitrogens with one attached hydrogen (secondary N) is 1. The Morgan fingerprint density at radius 1 is 1.32 bits per heavy atom. The van der Waals surface area contributed by atoms with Gasteiger partial charge in [0.05, 0.1) is 5.60 Å². The first kappa shape index (κ1) is 13.3. The Hall–Kier alpha value is -0.730. The molecule has 1 unspecified atom stereocenters. The predicted octanol–water partition coefficient (Wildman–Crippen LogP) is 4.55. The second-order valence-corrected chi connectivity index (χ2v) is 6.44. The van der Waals surface area contributed by atoms with Gasteiger partial charge in [-0.05, 0) is 50.3 Å². The van der Waals surface area contributed by atoms with Crippen LogP contribution in [0.2, 0.25) is 5.02 Å². The average Bonchev–Trinajstić information content (AvgIpc) is 2.82. The molecule has 1 aliphatic heterocycles. The van der Waals surface area contributed by atoms with Gasteiger partial charge < -0.3 is 10.1 Å². The van der Waals surface area contributed by atoms with E-state index in [1.807, 2.05) is 13.0 Å². The maximum absolute atomic E-state index is 6.19. The molecular weight excluding hydrogens is 258 g/mol. The van der Waals surface area contributed by atoms with Crippen LogP contribution in [-0.4, -0.2) is 18.2 Å². The van der Waals surface area contributed by atoms with E-state index in [9.17, 15) is 0 Å². The molecule has 1 heterocycles. The van der Waals surface area contributed by atoms with Crippen molar-refractivity contribution in [2.75, 3.05) is 11.9 Å². The average molecular weight is 280 g/mol. The number of rotatable bonds is 2. The van der Waals surface area contributed by atoms with Crippen molar-refractivity contribution < 1.29 is 4.74 Å². The highest BCUT2D eigenvalue weighted by Crippen LogP contribution is 2.40. The minimum absolute atomic E-state index is 0.171. The molecule has 0 radical (unpaired) electrons. The Labute approximate surface area is 120 Å². The molecule has 3 rings (SSSR count). The van der Waals surface area contributed by atoms with Crippen LogP contribution in [0.1, 0.15) is 44.1 Å². The monoisotopic (exact) mass is 279 g/mol. The molecule has 2 nitrogen and oxygen atoms in total. The molecule has 1 aromatic carbocycles. The van der Waals surface area contributed by atoms with Crippen molar-refractivity contribution in [1.29, 1.82) is 0 Å². The van der Waals surface area contributed by atoms with Gasteiger partial charge in [-0.1, -0.05) is 30.5 Å². The molecule has 1 saturated carbocycles.